The summed E-state index contributed by atoms with van der Waals surface area (Å²) in [5.74, 6) is -0.0303. The number of ether oxygens (including phenoxy) is 1. The molecule has 5 heteroatoms. The van der Waals surface area contributed by atoms with Gasteiger partial charge in [-0.3, -0.25) is 9.69 Å². The van der Waals surface area contributed by atoms with Gasteiger partial charge in [0.05, 0.1) is 12.7 Å². The van der Waals surface area contributed by atoms with Crippen molar-refractivity contribution in [2.45, 2.75) is 19.2 Å². The second-order valence-electron chi connectivity index (χ2n) is 6.44. The molecular weight excluding hydrogens is 326 g/mol. The maximum Gasteiger partial charge on any atom is 0.254 e. The van der Waals surface area contributed by atoms with Crippen molar-refractivity contribution in [3.8, 4) is 6.07 Å². The van der Waals surface area contributed by atoms with Crippen molar-refractivity contribution >= 4 is 5.91 Å². The Morgan fingerprint density at radius 2 is 1.88 bits per heavy atom. The highest BCUT2D eigenvalue weighted by atomic mass is 16.5. The predicted octanol–water partition coefficient (Wildman–Crippen LogP) is 2.68. The van der Waals surface area contributed by atoms with Crippen molar-refractivity contribution in [3.05, 3.63) is 71.3 Å². The first kappa shape index (κ1) is 18.1. The lowest BCUT2D eigenvalue weighted by atomic mass is 10.0. The molecule has 1 aliphatic rings. The summed E-state index contributed by atoms with van der Waals surface area (Å²) in [4.78, 5) is 16.9. The third kappa shape index (κ3) is 4.10. The molecule has 0 saturated carbocycles. The van der Waals surface area contributed by atoms with Crippen LogP contribution in [0.25, 0.3) is 0 Å². The van der Waals surface area contributed by atoms with E-state index < -0.39 is 0 Å². The number of methoxy groups -OCH3 is 1. The minimum absolute atomic E-state index is 0.0303. The Labute approximate surface area is 154 Å². The van der Waals surface area contributed by atoms with Gasteiger partial charge < -0.3 is 9.64 Å². The third-order valence-corrected chi connectivity index (χ3v) is 4.70. The highest BCUT2D eigenvalue weighted by Gasteiger charge is 2.30. The van der Waals surface area contributed by atoms with Gasteiger partial charge in [0.2, 0.25) is 0 Å². The molecular formula is C21H23N3O2. The van der Waals surface area contributed by atoms with E-state index in [4.69, 9.17) is 4.74 Å². The lowest BCUT2D eigenvalue weighted by molar-refractivity contribution is 0.0548. The molecule has 1 saturated heterocycles. The lowest BCUT2D eigenvalue weighted by Gasteiger charge is -2.38. The summed E-state index contributed by atoms with van der Waals surface area (Å²) in [6.07, 6.45) is 0. The molecule has 2 aromatic carbocycles. The van der Waals surface area contributed by atoms with Gasteiger partial charge in [-0.1, -0.05) is 48.5 Å². The van der Waals surface area contributed by atoms with Crippen LogP contribution in [0, 0.1) is 11.3 Å². The fraction of sp³-hybridized carbons (Fsp3) is 0.333. The van der Waals surface area contributed by atoms with E-state index in [0.717, 1.165) is 12.1 Å². The number of nitrogens with zero attached hydrogens (tertiary/aromatic N) is 3. The maximum absolute atomic E-state index is 13.0. The molecule has 1 aliphatic heterocycles. The van der Waals surface area contributed by atoms with Crippen molar-refractivity contribution in [2.75, 3.05) is 26.7 Å². The molecule has 0 radical (unpaired) electrons. The number of carbonyl (C=O) groups is 1. The van der Waals surface area contributed by atoms with Crippen molar-refractivity contribution in [1.82, 2.24) is 9.80 Å². The quantitative estimate of drug-likeness (QED) is 0.833. The van der Waals surface area contributed by atoms with Gasteiger partial charge in [0.25, 0.3) is 5.91 Å². The number of nitriles is 1. The van der Waals surface area contributed by atoms with E-state index in [0.29, 0.717) is 31.8 Å². The number of carbonyl (C=O) groups excluding carboxylic acids is 1. The standard InChI is InChI=1S/C21H23N3O2/c1-26-16-18-9-5-6-10-20(18)21(25)24-12-11-23(19(13-22)15-24)14-17-7-3-2-4-8-17/h2-10,19H,11-12,14-16H2,1H3. The maximum atomic E-state index is 13.0. The van der Waals surface area contributed by atoms with E-state index in [9.17, 15) is 10.1 Å². The van der Waals surface area contributed by atoms with Crippen LogP contribution in [-0.4, -0.2) is 48.5 Å². The molecule has 1 fully saturated rings. The molecule has 0 spiro atoms. The summed E-state index contributed by atoms with van der Waals surface area (Å²) in [5.41, 5.74) is 2.71. The molecule has 1 unspecified atom stereocenters. The zero-order valence-corrected chi connectivity index (χ0v) is 15.0. The first-order chi connectivity index (χ1) is 12.7. The molecule has 1 heterocycles. The Morgan fingerprint density at radius 1 is 1.15 bits per heavy atom. The topological polar surface area (TPSA) is 56.6 Å². The highest BCUT2D eigenvalue weighted by Crippen LogP contribution is 2.18. The first-order valence-electron chi connectivity index (χ1n) is 8.76. The van der Waals surface area contributed by atoms with Gasteiger partial charge in [0.15, 0.2) is 0 Å². The lowest BCUT2D eigenvalue weighted by Crippen LogP contribution is -2.53. The molecule has 0 aromatic heterocycles. The Hall–Kier alpha value is -2.68. The van der Waals surface area contributed by atoms with Crippen LogP contribution >= 0.6 is 0 Å². The summed E-state index contributed by atoms with van der Waals surface area (Å²) in [6.45, 7) is 2.85. The minimum atomic E-state index is -0.303. The Balaban J connectivity index is 1.71. The van der Waals surface area contributed by atoms with E-state index in [1.165, 1.54) is 5.56 Å². The molecule has 26 heavy (non-hydrogen) atoms. The summed E-state index contributed by atoms with van der Waals surface area (Å²) >= 11 is 0. The summed E-state index contributed by atoms with van der Waals surface area (Å²) < 4.78 is 5.20. The molecule has 5 nitrogen and oxygen atoms in total. The Kier molecular flexibility index (Phi) is 6.00. The van der Waals surface area contributed by atoms with Gasteiger partial charge in [-0.25, -0.2) is 0 Å². The van der Waals surface area contributed by atoms with Crippen LogP contribution in [-0.2, 0) is 17.9 Å². The van der Waals surface area contributed by atoms with Crippen LogP contribution in [0.15, 0.2) is 54.6 Å². The van der Waals surface area contributed by atoms with Gasteiger partial charge in [-0.15, -0.1) is 0 Å². The Bertz CT molecular complexity index is 785. The molecule has 2 aromatic rings. The molecule has 0 N–H and O–H groups in total. The van der Waals surface area contributed by atoms with Crippen LogP contribution in [0.3, 0.4) is 0 Å². The van der Waals surface area contributed by atoms with Gasteiger partial charge in [-0.2, -0.15) is 5.26 Å². The monoisotopic (exact) mass is 349 g/mol. The van der Waals surface area contributed by atoms with Crippen molar-refractivity contribution < 1.29 is 9.53 Å². The van der Waals surface area contributed by atoms with Crippen LogP contribution in [0.4, 0.5) is 0 Å². The number of piperazine rings is 1. The third-order valence-electron chi connectivity index (χ3n) is 4.70. The smallest absolute Gasteiger partial charge is 0.254 e. The van der Waals surface area contributed by atoms with Gasteiger partial charge in [0.1, 0.15) is 6.04 Å². The number of benzene rings is 2. The summed E-state index contributed by atoms with van der Waals surface area (Å²) in [5, 5.41) is 9.60. The number of hydrogen-bond acceptors (Lipinski definition) is 4. The fourth-order valence-electron chi connectivity index (χ4n) is 3.32. The second kappa shape index (κ2) is 8.61. The van der Waals surface area contributed by atoms with Crippen molar-refractivity contribution in [1.29, 1.82) is 5.26 Å². The molecule has 3 rings (SSSR count). The van der Waals surface area contributed by atoms with E-state index in [2.05, 4.69) is 23.1 Å². The van der Waals surface area contributed by atoms with E-state index >= 15 is 0 Å². The van der Waals surface area contributed by atoms with Gasteiger partial charge >= 0.3 is 0 Å². The Morgan fingerprint density at radius 3 is 2.62 bits per heavy atom. The molecule has 1 atom stereocenters. The van der Waals surface area contributed by atoms with Crippen LogP contribution in [0.2, 0.25) is 0 Å². The van der Waals surface area contributed by atoms with E-state index in [1.54, 1.807) is 12.0 Å². The largest absolute Gasteiger partial charge is 0.380 e. The summed E-state index contributed by atoms with van der Waals surface area (Å²) in [6, 6.07) is 19.7. The molecule has 0 bridgehead atoms. The fourth-order valence-corrected chi connectivity index (χ4v) is 3.32. The number of rotatable bonds is 5. The van der Waals surface area contributed by atoms with Crippen LogP contribution < -0.4 is 0 Å². The average Bonchev–Trinajstić information content (AvgIpc) is 2.69. The van der Waals surface area contributed by atoms with Gasteiger partial charge in [-0.05, 0) is 17.2 Å². The first-order valence-corrected chi connectivity index (χ1v) is 8.76. The van der Waals surface area contributed by atoms with Crippen molar-refractivity contribution in [3.63, 3.8) is 0 Å². The van der Waals surface area contributed by atoms with Crippen LogP contribution in [0.1, 0.15) is 21.5 Å². The normalized spacial score (nSPS) is 17.7. The zero-order valence-electron chi connectivity index (χ0n) is 15.0. The van der Waals surface area contributed by atoms with E-state index in [-0.39, 0.29) is 11.9 Å². The predicted molar refractivity (Wildman–Crippen MR) is 99.3 cm³/mol. The van der Waals surface area contributed by atoms with Crippen LogP contribution in [0.5, 0.6) is 0 Å². The minimum Gasteiger partial charge on any atom is -0.380 e. The molecule has 1 amide bonds. The average molecular weight is 349 g/mol. The molecule has 134 valence electrons. The number of amides is 1. The SMILES string of the molecule is COCc1ccccc1C(=O)N1CCN(Cc2ccccc2)C(C#N)C1. The molecule has 0 aliphatic carbocycles. The van der Waals surface area contributed by atoms with Crippen molar-refractivity contribution in [2.24, 2.45) is 0 Å². The zero-order chi connectivity index (χ0) is 18.4. The number of hydrogen-bond donors (Lipinski definition) is 0. The van der Waals surface area contributed by atoms with Gasteiger partial charge in [0, 0.05) is 38.9 Å². The highest BCUT2D eigenvalue weighted by molar-refractivity contribution is 5.95. The summed E-state index contributed by atoms with van der Waals surface area (Å²) in [7, 11) is 1.62. The second-order valence-corrected chi connectivity index (χ2v) is 6.44. The van der Waals surface area contributed by atoms with E-state index in [1.807, 2.05) is 42.5 Å².